The first kappa shape index (κ1) is 14.0. The summed E-state index contributed by atoms with van der Waals surface area (Å²) < 4.78 is 0. The highest BCUT2D eigenvalue weighted by molar-refractivity contribution is 5.28. The number of allylic oxidation sites excluding steroid dienone is 1. The van der Waals surface area contributed by atoms with E-state index in [1.807, 2.05) is 25.1 Å². The molecule has 1 N–H and O–H groups in total. The molecule has 0 aliphatic rings. The molecule has 1 heteroatoms. The van der Waals surface area contributed by atoms with Crippen molar-refractivity contribution in [3.63, 3.8) is 0 Å². The van der Waals surface area contributed by atoms with E-state index in [1.165, 1.54) is 5.56 Å². The summed E-state index contributed by atoms with van der Waals surface area (Å²) in [4.78, 5) is 0. The number of rotatable bonds is 6. The van der Waals surface area contributed by atoms with Crippen LogP contribution in [-0.4, -0.2) is 5.11 Å². The van der Waals surface area contributed by atoms with Crippen molar-refractivity contribution < 1.29 is 5.11 Å². The number of hydrogen-bond donors (Lipinski definition) is 1. The van der Waals surface area contributed by atoms with Crippen molar-refractivity contribution in [3.8, 4) is 0 Å². The fourth-order valence-electron chi connectivity index (χ4n) is 2.03. The Morgan fingerprint density at radius 1 is 1.41 bits per heavy atom. The monoisotopic (exact) mass is 232 g/mol. The second-order valence-corrected chi connectivity index (χ2v) is 5.40. The Balaban J connectivity index is 2.86. The summed E-state index contributed by atoms with van der Waals surface area (Å²) in [5.74, 6) is 0.642. The lowest BCUT2D eigenvalue weighted by Gasteiger charge is -2.24. The molecule has 0 heterocycles. The molecule has 0 fully saturated rings. The molecule has 1 aromatic rings. The Kier molecular flexibility index (Phi) is 4.95. The van der Waals surface area contributed by atoms with E-state index in [2.05, 4.69) is 32.6 Å². The minimum absolute atomic E-state index is 0.642. The lowest BCUT2D eigenvalue weighted by Crippen LogP contribution is -2.21. The molecule has 0 aromatic heterocycles. The molecular weight excluding hydrogens is 208 g/mol. The molecule has 0 saturated carbocycles. The van der Waals surface area contributed by atoms with Gasteiger partial charge in [0.1, 0.15) is 0 Å². The number of aliphatic hydroxyl groups is 1. The van der Waals surface area contributed by atoms with Gasteiger partial charge >= 0.3 is 0 Å². The van der Waals surface area contributed by atoms with Crippen LogP contribution in [0, 0.1) is 5.92 Å². The zero-order chi connectivity index (χ0) is 12.9. The Labute approximate surface area is 105 Å². The summed E-state index contributed by atoms with van der Waals surface area (Å²) in [7, 11) is 0. The fourth-order valence-corrected chi connectivity index (χ4v) is 2.03. The molecule has 94 valence electrons. The van der Waals surface area contributed by atoms with Crippen molar-refractivity contribution in [2.75, 3.05) is 0 Å². The highest BCUT2D eigenvalue weighted by Crippen LogP contribution is 2.27. The fraction of sp³-hybridized carbons (Fsp3) is 0.500. The molecular formula is C16H24O. The first-order valence-corrected chi connectivity index (χ1v) is 6.38. The molecule has 0 radical (unpaired) electrons. The average molecular weight is 232 g/mol. The third-order valence-corrected chi connectivity index (χ3v) is 3.03. The standard InChI is InChI=1S/C16H24O/c1-5-6-10-16(4,17)15-9-7-8-14(12-15)11-13(2)3/h5,7-9,12-13,17H,1,6,10-11H2,2-4H3. The molecule has 1 atom stereocenters. The van der Waals surface area contributed by atoms with Crippen molar-refractivity contribution in [2.24, 2.45) is 5.92 Å². The molecule has 0 bridgehead atoms. The molecule has 1 aromatic carbocycles. The van der Waals surface area contributed by atoms with Gasteiger partial charge in [0.05, 0.1) is 5.60 Å². The quantitative estimate of drug-likeness (QED) is 0.733. The molecule has 0 amide bonds. The van der Waals surface area contributed by atoms with E-state index in [1.54, 1.807) is 0 Å². The van der Waals surface area contributed by atoms with Gasteiger partial charge < -0.3 is 5.11 Å². The highest BCUT2D eigenvalue weighted by Gasteiger charge is 2.22. The van der Waals surface area contributed by atoms with E-state index in [-0.39, 0.29) is 0 Å². The Morgan fingerprint density at radius 2 is 2.12 bits per heavy atom. The molecule has 0 spiro atoms. The van der Waals surface area contributed by atoms with E-state index in [4.69, 9.17) is 0 Å². The van der Waals surface area contributed by atoms with E-state index in [0.717, 1.165) is 24.8 Å². The van der Waals surface area contributed by atoms with Crippen LogP contribution in [0.3, 0.4) is 0 Å². The molecule has 1 nitrogen and oxygen atoms in total. The van der Waals surface area contributed by atoms with Gasteiger partial charge in [-0.25, -0.2) is 0 Å². The summed E-state index contributed by atoms with van der Waals surface area (Å²) in [6, 6.07) is 8.30. The maximum Gasteiger partial charge on any atom is 0.0871 e. The maximum atomic E-state index is 10.4. The van der Waals surface area contributed by atoms with Crippen molar-refractivity contribution in [1.82, 2.24) is 0 Å². The average Bonchev–Trinajstić information content (AvgIpc) is 2.26. The smallest absolute Gasteiger partial charge is 0.0871 e. The summed E-state index contributed by atoms with van der Waals surface area (Å²) in [6.07, 6.45) is 4.47. The van der Waals surface area contributed by atoms with Crippen LogP contribution in [0.1, 0.15) is 44.7 Å². The predicted molar refractivity (Wildman–Crippen MR) is 74.0 cm³/mol. The van der Waals surface area contributed by atoms with Crippen LogP contribution in [-0.2, 0) is 12.0 Å². The first-order chi connectivity index (χ1) is 7.95. The Hall–Kier alpha value is -1.08. The second kappa shape index (κ2) is 6.02. The van der Waals surface area contributed by atoms with E-state index in [9.17, 15) is 5.11 Å². The SMILES string of the molecule is C=CCCC(C)(O)c1cccc(CC(C)C)c1. The van der Waals surface area contributed by atoms with Gasteiger partial charge in [0.2, 0.25) is 0 Å². The lowest BCUT2D eigenvalue weighted by atomic mass is 9.89. The predicted octanol–water partition coefficient (Wildman–Crippen LogP) is 4.06. The Bertz CT molecular complexity index is 364. The van der Waals surface area contributed by atoms with Gasteiger partial charge in [0.15, 0.2) is 0 Å². The zero-order valence-electron chi connectivity index (χ0n) is 11.2. The zero-order valence-corrected chi connectivity index (χ0v) is 11.2. The normalized spacial score (nSPS) is 14.6. The van der Waals surface area contributed by atoms with Gasteiger partial charge in [0, 0.05) is 0 Å². The third kappa shape index (κ3) is 4.35. The van der Waals surface area contributed by atoms with Crippen molar-refractivity contribution in [2.45, 2.75) is 45.6 Å². The van der Waals surface area contributed by atoms with Gasteiger partial charge in [0.25, 0.3) is 0 Å². The minimum Gasteiger partial charge on any atom is -0.385 e. The molecule has 1 rings (SSSR count). The van der Waals surface area contributed by atoms with Crippen LogP contribution < -0.4 is 0 Å². The molecule has 1 unspecified atom stereocenters. The Morgan fingerprint density at radius 3 is 2.71 bits per heavy atom. The second-order valence-electron chi connectivity index (χ2n) is 5.40. The summed E-state index contributed by atoms with van der Waals surface area (Å²) in [5.41, 5.74) is 1.56. The van der Waals surface area contributed by atoms with Crippen LogP contribution in [0.15, 0.2) is 36.9 Å². The highest BCUT2D eigenvalue weighted by atomic mass is 16.3. The van der Waals surface area contributed by atoms with Gasteiger partial charge in [-0.15, -0.1) is 6.58 Å². The number of hydrogen-bond acceptors (Lipinski definition) is 1. The van der Waals surface area contributed by atoms with E-state index >= 15 is 0 Å². The van der Waals surface area contributed by atoms with Crippen molar-refractivity contribution >= 4 is 0 Å². The van der Waals surface area contributed by atoms with Gasteiger partial charge in [-0.3, -0.25) is 0 Å². The van der Waals surface area contributed by atoms with Crippen LogP contribution >= 0.6 is 0 Å². The van der Waals surface area contributed by atoms with Crippen molar-refractivity contribution in [3.05, 3.63) is 48.0 Å². The molecule has 0 aliphatic carbocycles. The lowest BCUT2D eigenvalue weighted by molar-refractivity contribution is 0.0487. The van der Waals surface area contributed by atoms with Crippen LogP contribution in [0.2, 0.25) is 0 Å². The van der Waals surface area contributed by atoms with E-state index < -0.39 is 5.60 Å². The maximum absolute atomic E-state index is 10.4. The van der Waals surface area contributed by atoms with Gasteiger partial charge in [-0.05, 0) is 43.2 Å². The first-order valence-electron chi connectivity index (χ1n) is 6.38. The summed E-state index contributed by atoms with van der Waals surface area (Å²) in [6.45, 7) is 10.0. The summed E-state index contributed by atoms with van der Waals surface area (Å²) >= 11 is 0. The number of benzene rings is 1. The van der Waals surface area contributed by atoms with Gasteiger partial charge in [-0.2, -0.15) is 0 Å². The third-order valence-electron chi connectivity index (χ3n) is 3.03. The topological polar surface area (TPSA) is 20.2 Å². The largest absolute Gasteiger partial charge is 0.385 e. The molecule has 0 aliphatic heterocycles. The summed E-state index contributed by atoms with van der Waals surface area (Å²) in [5, 5.41) is 10.4. The molecule has 17 heavy (non-hydrogen) atoms. The van der Waals surface area contributed by atoms with E-state index in [0.29, 0.717) is 5.92 Å². The van der Waals surface area contributed by atoms with Crippen LogP contribution in [0.25, 0.3) is 0 Å². The van der Waals surface area contributed by atoms with Crippen LogP contribution in [0.5, 0.6) is 0 Å². The molecule has 0 saturated heterocycles. The van der Waals surface area contributed by atoms with Gasteiger partial charge in [-0.1, -0.05) is 44.2 Å². The van der Waals surface area contributed by atoms with Crippen LogP contribution in [0.4, 0.5) is 0 Å². The minimum atomic E-state index is -0.749. The van der Waals surface area contributed by atoms with Crippen molar-refractivity contribution in [1.29, 1.82) is 0 Å².